The maximum absolute atomic E-state index is 11.5. The molecule has 2 heterocycles. The lowest BCUT2D eigenvalue weighted by atomic mass is 10.5. The number of aryl methyl sites for hydroxylation is 2. The molecule has 0 atom stereocenters. The summed E-state index contributed by atoms with van der Waals surface area (Å²) in [5.41, 5.74) is 0.729. The van der Waals surface area contributed by atoms with Crippen molar-refractivity contribution in [2.24, 2.45) is 14.1 Å². The van der Waals surface area contributed by atoms with Crippen LogP contribution in [0.1, 0.15) is 0 Å². The zero-order valence-electron chi connectivity index (χ0n) is 8.18. The molecular weight excluding hydrogens is 184 g/mol. The van der Waals surface area contributed by atoms with E-state index in [-0.39, 0.29) is 11.6 Å². The van der Waals surface area contributed by atoms with Gasteiger partial charge in [0.1, 0.15) is 0 Å². The van der Waals surface area contributed by atoms with Crippen molar-refractivity contribution in [2.75, 3.05) is 7.11 Å². The molecule has 0 aromatic carbocycles. The van der Waals surface area contributed by atoms with Gasteiger partial charge in [-0.05, 0) is 0 Å². The van der Waals surface area contributed by atoms with E-state index < -0.39 is 0 Å². The third-order valence-corrected chi connectivity index (χ3v) is 2.10. The largest absolute Gasteiger partial charge is 0.468 e. The Hall–Kier alpha value is -1.85. The maximum atomic E-state index is 11.5. The molecule has 0 N–H and O–H groups in total. The van der Waals surface area contributed by atoms with E-state index in [0.717, 1.165) is 0 Å². The summed E-state index contributed by atoms with van der Waals surface area (Å²) in [5, 5.41) is 0. The number of hydrogen-bond donors (Lipinski definition) is 0. The van der Waals surface area contributed by atoms with Crippen LogP contribution in [0.5, 0.6) is 6.01 Å². The molecule has 0 spiro atoms. The molecule has 14 heavy (non-hydrogen) atoms. The monoisotopic (exact) mass is 194 g/mol. The molecule has 0 aliphatic carbocycles. The normalized spacial score (nSPS) is 10.8. The lowest BCUT2D eigenvalue weighted by Gasteiger charge is -2.05. The van der Waals surface area contributed by atoms with E-state index in [0.29, 0.717) is 11.2 Å². The summed E-state index contributed by atoms with van der Waals surface area (Å²) in [7, 11) is 4.97. The summed E-state index contributed by atoms with van der Waals surface area (Å²) in [6.07, 6.45) is 1.58. The van der Waals surface area contributed by atoms with Gasteiger partial charge in [0, 0.05) is 14.1 Å². The minimum Gasteiger partial charge on any atom is -0.468 e. The predicted octanol–water partition coefficient (Wildman–Crippen LogP) is -0.324. The van der Waals surface area contributed by atoms with Crippen LogP contribution < -0.4 is 10.3 Å². The average Bonchev–Trinajstić information content (AvgIpc) is 2.54. The van der Waals surface area contributed by atoms with Gasteiger partial charge < -0.3 is 9.30 Å². The van der Waals surface area contributed by atoms with Gasteiger partial charge in [-0.15, -0.1) is 0 Å². The quantitative estimate of drug-likeness (QED) is 0.624. The van der Waals surface area contributed by atoms with Crippen LogP contribution in [0.4, 0.5) is 0 Å². The van der Waals surface area contributed by atoms with Crippen molar-refractivity contribution < 1.29 is 4.74 Å². The van der Waals surface area contributed by atoms with Crippen LogP contribution in [-0.4, -0.2) is 26.2 Å². The highest BCUT2D eigenvalue weighted by Crippen LogP contribution is 2.10. The predicted molar refractivity (Wildman–Crippen MR) is 50.3 cm³/mol. The third kappa shape index (κ3) is 1.00. The van der Waals surface area contributed by atoms with E-state index in [4.69, 9.17) is 4.74 Å². The molecule has 74 valence electrons. The van der Waals surface area contributed by atoms with E-state index in [1.807, 2.05) is 0 Å². The lowest BCUT2D eigenvalue weighted by molar-refractivity contribution is 0.361. The van der Waals surface area contributed by atoms with Gasteiger partial charge >= 0.3 is 11.6 Å². The van der Waals surface area contributed by atoms with E-state index >= 15 is 0 Å². The molecule has 0 amide bonds. The summed E-state index contributed by atoms with van der Waals surface area (Å²) in [5.74, 6) is 0. The molecule has 0 saturated heterocycles. The Labute approximate surface area is 79.8 Å². The minimum absolute atomic E-state index is 0.265. The Morgan fingerprint density at radius 1 is 1.43 bits per heavy atom. The van der Waals surface area contributed by atoms with E-state index in [2.05, 4.69) is 9.97 Å². The average molecular weight is 194 g/mol. The van der Waals surface area contributed by atoms with Crippen LogP contribution in [0, 0.1) is 0 Å². The first-order valence-electron chi connectivity index (χ1n) is 4.07. The number of imidazole rings is 1. The van der Waals surface area contributed by atoms with Crippen molar-refractivity contribution in [3.63, 3.8) is 0 Å². The van der Waals surface area contributed by atoms with Gasteiger partial charge in [-0.3, -0.25) is 9.36 Å². The fraction of sp³-hybridized carbons (Fsp3) is 0.375. The Morgan fingerprint density at radius 2 is 2.14 bits per heavy atom. The molecule has 0 saturated carbocycles. The zero-order chi connectivity index (χ0) is 10.3. The molecule has 2 aromatic rings. The molecule has 6 heteroatoms. The number of ether oxygens (including phenoxy) is 1. The van der Waals surface area contributed by atoms with Crippen molar-refractivity contribution in [1.29, 1.82) is 0 Å². The van der Waals surface area contributed by atoms with Gasteiger partial charge in [0.15, 0.2) is 11.2 Å². The minimum atomic E-state index is -0.324. The molecule has 6 nitrogen and oxygen atoms in total. The van der Waals surface area contributed by atoms with Crippen LogP contribution in [0.25, 0.3) is 11.2 Å². The van der Waals surface area contributed by atoms with Crippen molar-refractivity contribution in [2.45, 2.75) is 0 Å². The first kappa shape index (κ1) is 8.74. The number of methoxy groups -OCH3 is 1. The van der Waals surface area contributed by atoms with Crippen LogP contribution in [0.3, 0.4) is 0 Å². The Kier molecular flexibility index (Phi) is 1.77. The number of aromatic nitrogens is 4. The molecule has 0 aliphatic heterocycles. The summed E-state index contributed by atoms with van der Waals surface area (Å²) in [6.45, 7) is 0. The SMILES string of the molecule is COc1nc(=O)c2c(ncn2C)n1C. The van der Waals surface area contributed by atoms with Gasteiger partial charge in [0.2, 0.25) is 0 Å². The smallest absolute Gasteiger partial charge is 0.302 e. The summed E-state index contributed by atoms with van der Waals surface area (Å²) < 4.78 is 8.22. The number of fused-ring (bicyclic) bond motifs is 1. The maximum Gasteiger partial charge on any atom is 0.302 e. The Bertz CT molecular complexity index is 540. The van der Waals surface area contributed by atoms with Gasteiger partial charge in [0.05, 0.1) is 13.4 Å². The zero-order valence-corrected chi connectivity index (χ0v) is 8.18. The molecule has 0 radical (unpaired) electrons. The summed E-state index contributed by atoms with van der Waals surface area (Å²) in [4.78, 5) is 19.4. The molecule has 2 rings (SSSR count). The van der Waals surface area contributed by atoms with Gasteiger partial charge in [-0.1, -0.05) is 0 Å². The van der Waals surface area contributed by atoms with Crippen molar-refractivity contribution in [1.82, 2.24) is 19.1 Å². The lowest BCUT2D eigenvalue weighted by Crippen LogP contribution is -2.15. The second-order valence-corrected chi connectivity index (χ2v) is 2.99. The van der Waals surface area contributed by atoms with Crippen LogP contribution in [0.2, 0.25) is 0 Å². The molecule has 2 aromatic heterocycles. The second-order valence-electron chi connectivity index (χ2n) is 2.99. The van der Waals surface area contributed by atoms with E-state index in [1.165, 1.54) is 7.11 Å². The first-order chi connectivity index (χ1) is 6.65. The molecule has 0 bridgehead atoms. The Balaban J connectivity index is 2.97. The van der Waals surface area contributed by atoms with Crippen molar-refractivity contribution >= 4 is 11.2 Å². The summed E-state index contributed by atoms with van der Waals surface area (Å²) >= 11 is 0. The van der Waals surface area contributed by atoms with Crippen molar-refractivity contribution in [3.05, 3.63) is 16.7 Å². The topological polar surface area (TPSA) is 61.9 Å². The first-order valence-corrected chi connectivity index (χ1v) is 4.07. The second kappa shape index (κ2) is 2.83. The Morgan fingerprint density at radius 3 is 2.79 bits per heavy atom. The van der Waals surface area contributed by atoms with Crippen LogP contribution in [-0.2, 0) is 14.1 Å². The van der Waals surface area contributed by atoms with Crippen molar-refractivity contribution in [3.8, 4) is 6.01 Å². The standard InChI is InChI=1S/C8H10N4O2/c1-11-4-9-6-5(11)7(13)10-8(14-3)12(6)2/h4H,1-3H3. The fourth-order valence-corrected chi connectivity index (χ4v) is 1.40. The van der Waals surface area contributed by atoms with E-state index in [9.17, 15) is 4.79 Å². The molecular formula is C8H10N4O2. The highest BCUT2D eigenvalue weighted by atomic mass is 16.5. The van der Waals surface area contributed by atoms with E-state index in [1.54, 1.807) is 29.6 Å². The van der Waals surface area contributed by atoms with Gasteiger partial charge in [-0.2, -0.15) is 4.98 Å². The van der Waals surface area contributed by atoms with Crippen LogP contribution >= 0.6 is 0 Å². The number of nitrogens with zero attached hydrogens (tertiary/aromatic N) is 4. The highest BCUT2D eigenvalue weighted by molar-refractivity contribution is 5.70. The fourth-order valence-electron chi connectivity index (χ4n) is 1.40. The van der Waals surface area contributed by atoms with Gasteiger partial charge in [0.25, 0.3) is 0 Å². The molecule has 0 unspecified atom stereocenters. The third-order valence-electron chi connectivity index (χ3n) is 2.10. The van der Waals surface area contributed by atoms with Gasteiger partial charge in [-0.25, -0.2) is 4.98 Å². The number of rotatable bonds is 1. The van der Waals surface area contributed by atoms with Crippen LogP contribution in [0.15, 0.2) is 11.1 Å². The molecule has 0 aliphatic rings. The molecule has 0 fully saturated rings. The highest BCUT2D eigenvalue weighted by Gasteiger charge is 2.11. The number of hydrogen-bond acceptors (Lipinski definition) is 4. The summed E-state index contributed by atoms with van der Waals surface area (Å²) in [6, 6.07) is 0.265.